The average molecular weight is 273 g/mol. The largest absolute Gasteiger partial charge is 0.290 e. The summed E-state index contributed by atoms with van der Waals surface area (Å²) in [4.78, 5) is 17.1. The van der Waals surface area contributed by atoms with Crippen molar-refractivity contribution in [3.05, 3.63) is 33.4 Å². The van der Waals surface area contributed by atoms with Crippen LogP contribution in [-0.4, -0.2) is 15.3 Å². The second-order valence-corrected chi connectivity index (χ2v) is 5.20. The molecule has 0 unspecified atom stereocenters. The fraction of sp³-hybridized carbons (Fsp3) is 0.200. The van der Waals surface area contributed by atoms with E-state index >= 15 is 0 Å². The highest BCUT2D eigenvalue weighted by molar-refractivity contribution is 7.99. The fourth-order valence-corrected chi connectivity index (χ4v) is 3.05. The van der Waals surface area contributed by atoms with E-state index in [-0.39, 0.29) is 5.56 Å². The van der Waals surface area contributed by atoms with Crippen LogP contribution in [0.3, 0.4) is 0 Å². The number of nitrogens with zero attached hydrogens (tertiary/aromatic N) is 2. The van der Waals surface area contributed by atoms with E-state index in [4.69, 9.17) is 11.6 Å². The van der Waals surface area contributed by atoms with E-state index in [0.717, 1.165) is 9.99 Å². The molecule has 2 aromatic rings. The Morgan fingerprint density at radius 1 is 1.69 bits per heavy atom. The number of hydrogen-bond acceptors (Lipinski definition) is 4. The second-order valence-electron chi connectivity index (χ2n) is 3.07. The molecule has 3 nitrogen and oxygen atoms in total. The lowest BCUT2D eigenvalue weighted by atomic mass is 10.4. The van der Waals surface area contributed by atoms with Gasteiger partial charge in [-0.3, -0.25) is 9.36 Å². The molecule has 0 saturated heterocycles. The molecule has 0 aliphatic heterocycles. The van der Waals surface area contributed by atoms with Gasteiger partial charge in [-0.05, 0) is 11.4 Å². The van der Waals surface area contributed by atoms with Gasteiger partial charge in [-0.15, -0.1) is 11.3 Å². The number of aromatic nitrogens is 2. The van der Waals surface area contributed by atoms with Gasteiger partial charge in [0.2, 0.25) is 0 Å². The van der Waals surface area contributed by atoms with Gasteiger partial charge in [0.25, 0.3) is 5.56 Å². The summed E-state index contributed by atoms with van der Waals surface area (Å²) < 4.78 is 1.57. The van der Waals surface area contributed by atoms with E-state index < -0.39 is 0 Å². The standard InChI is InChI=1S/C10H9ClN2OS2/c1-13-9(14)7-3-6-15-8(7)12-10(13)16-5-2-4-11/h2-4,6H,5H2,1H3/b4-2+. The normalized spacial score (nSPS) is 11.6. The first-order chi connectivity index (χ1) is 7.74. The number of fused-ring (bicyclic) bond motifs is 1. The van der Waals surface area contributed by atoms with Gasteiger partial charge in [0, 0.05) is 18.3 Å². The lowest BCUT2D eigenvalue weighted by molar-refractivity contribution is 0.729. The average Bonchev–Trinajstić information content (AvgIpc) is 2.73. The van der Waals surface area contributed by atoms with Gasteiger partial charge in [-0.2, -0.15) is 0 Å². The summed E-state index contributed by atoms with van der Waals surface area (Å²) in [5.41, 5.74) is 1.47. The third-order valence-electron chi connectivity index (χ3n) is 2.06. The van der Waals surface area contributed by atoms with Crippen molar-refractivity contribution in [3.63, 3.8) is 0 Å². The van der Waals surface area contributed by atoms with Gasteiger partial charge in [0.05, 0.1) is 5.39 Å². The van der Waals surface area contributed by atoms with Crippen molar-refractivity contribution < 1.29 is 0 Å². The first kappa shape index (κ1) is 11.7. The van der Waals surface area contributed by atoms with Crippen molar-refractivity contribution in [2.75, 3.05) is 5.75 Å². The Morgan fingerprint density at radius 2 is 2.50 bits per heavy atom. The van der Waals surface area contributed by atoms with Gasteiger partial charge in [0.1, 0.15) is 4.83 Å². The molecule has 0 fully saturated rings. The smallest absolute Gasteiger partial charge is 0.262 e. The van der Waals surface area contributed by atoms with Gasteiger partial charge in [-0.25, -0.2) is 4.98 Å². The molecular weight excluding hydrogens is 264 g/mol. The molecule has 6 heteroatoms. The van der Waals surface area contributed by atoms with Crippen LogP contribution in [-0.2, 0) is 7.05 Å². The SMILES string of the molecule is Cn1c(SC/C=C/Cl)nc2sccc2c1=O. The van der Waals surface area contributed by atoms with Gasteiger partial charge < -0.3 is 0 Å². The van der Waals surface area contributed by atoms with Crippen LogP contribution in [0.25, 0.3) is 10.2 Å². The summed E-state index contributed by atoms with van der Waals surface area (Å²) in [6, 6.07) is 1.81. The number of thioether (sulfide) groups is 1. The third kappa shape index (κ3) is 2.16. The molecule has 0 radical (unpaired) electrons. The van der Waals surface area contributed by atoms with Gasteiger partial charge in [0.15, 0.2) is 5.16 Å². The van der Waals surface area contributed by atoms with Gasteiger partial charge >= 0.3 is 0 Å². The van der Waals surface area contributed by atoms with Crippen LogP contribution < -0.4 is 5.56 Å². The summed E-state index contributed by atoms with van der Waals surface area (Å²) in [7, 11) is 1.74. The van der Waals surface area contributed by atoms with E-state index in [1.807, 2.05) is 17.5 Å². The predicted molar refractivity (Wildman–Crippen MR) is 70.6 cm³/mol. The van der Waals surface area contributed by atoms with E-state index in [1.165, 1.54) is 28.6 Å². The van der Waals surface area contributed by atoms with Crippen molar-refractivity contribution >= 4 is 44.9 Å². The number of thiophene rings is 1. The Bertz CT molecular complexity index is 588. The predicted octanol–water partition coefficient (Wildman–Crippen LogP) is 2.84. The molecule has 0 bridgehead atoms. The zero-order valence-electron chi connectivity index (χ0n) is 8.51. The summed E-state index contributed by atoms with van der Waals surface area (Å²) in [5, 5.41) is 3.28. The fourth-order valence-electron chi connectivity index (χ4n) is 1.27. The lowest BCUT2D eigenvalue weighted by Crippen LogP contribution is -2.19. The number of hydrogen-bond donors (Lipinski definition) is 0. The maximum Gasteiger partial charge on any atom is 0.262 e. The molecule has 0 saturated carbocycles. The van der Waals surface area contributed by atoms with Crippen LogP contribution in [0.2, 0.25) is 0 Å². The molecule has 0 spiro atoms. The molecule has 16 heavy (non-hydrogen) atoms. The highest BCUT2D eigenvalue weighted by Gasteiger charge is 2.08. The lowest BCUT2D eigenvalue weighted by Gasteiger charge is -2.04. The molecule has 0 N–H and O–H groups in total. The first-order valence-electron chi connectivity index (χ1n) is 4.56. The second kappa shape index (κ2) is 5.03. The Balaban J connectivity index is 2.45. The Morgan fingerprint density at radius 3 is 3.25 bits per heavy atom. The summed E-state index contributed by atoms with van der Waals surface area (Å²) in [6.07, 6.45) is 1.82. The minimum Gasteiger partial charge on any atom is -0.290 e. The van der Waals surface area contributed by atoms with E-state index in [2.05, 4.69) is 4.98 Å². The molecule has 2 aromatic heterocycles. The summed E-state index contributed by atoms with van der Waals surface area (Å²) in [5.74, 6) is 0.709. The Kier molecular flexibility index (Phi) is 3.68. The first-order valence-corrected chi connectivity index (χ1v) is 6.86. The zero-order chi connectivity index (χ0) is 11.5. The van der Waals surface area contributed by atoms with Crippen molar-refractivity contribution in [1.29, 1.82) is 0 Å². The van der Waals surface area contributed by atoms with Crippen molar-refractivity contribution in [2.45, 2.75) is 5.16 Å². The van der Waals surface area contributed by atoms with Crippen LogP contribution in [0, 0.1) is 0 Å². The van der Waals surface area contributed by atoms with Crippen LogP contribution in [0.15, 0.2) is 33.0 Å². The molecule has 0 aliphatic carbocycles. The molecule has 2 rings (SSSR count). The maximum absolute atomic E-state index is 11.9. The van der Waals surface area contributed by atoms with Crippen LogP contribution in [0.1, 0.15) is 0 Å². The Hall–Kier alpha value is -0.780. The topological polar surface area (TPSA) is 34.9 Å². The minimum absolute atomic E-state index is 0.00334. The van der Waals surface area contributed by atoms with Crippen molar-refractivity contribution in [2.24, 2.45) is 7.05 Å². The van der Waals surface area contributed by atoms with E-state index in [0.29, 0.717) is 11.1 Å². The molecular formula is C10H9ClN2OS2. The monoisotopic (exact) mass is 272 g/mol. The number of rotatable bonds is 3. The number of halogens is 1. The van der Waals surface area contributed by atoms with E-state index in [1.54, 1.807) is 11.6 Å². The van der Waals surface area contributed by atoms with Crippen LogP contribution in [0.5, 0.6) is 0 Å². The van der Waals surface area contributed by atoms with Crippen LogP contribution >= 0.6 is 34.7 Å². The summed E-state index contributed by atoms with van der Waals surface area (Å²) >= 11 is 8.41. The molecule has 0 amide bonds. The molecule has 0 atom stereocenters. The van der Waals surface area contributed by atoms with E-state index in [9.17, 15) is 4.79 Å². The quantitative estimate of drug-likeness (QED) is 0.637. The van der Waals surface area contributed by atoms with Crippen molar-refractivity contribution in [3.8, 4) is 0 Å². The maximum atomic E-state index is 11.9. The molecule has 0 aromatic carbocycles. The molecule has 0 aliphatic rings. The molecule has 2 heterocycles. The van der Waals surface area contributed by atoms with Crippen LogP contribution in [0.4, 0.5) is 0 Å². The minimum atomic E-state index is 0.00334. The van der Waals surface area contributed by atoms with Crippen molar-refractivity contribution in [1.82, 2.24) is 9.55 Å². The third-order valence-corrected chi connectivity index (χ3v) is 4.03. The summed E-state index contributed by atoms with van der Waals surface area (Å²) in [6.45, 7) is 0. The zero-order valence-corrected chi connectivity index (χ0v) is 10.9. The highest BCUT2D eigenvalue weighted by Crippen LogP contribution is 2.20. The molecule has 84 valence electrons. The Labute approximate surface area is 106 Å². The highest BCUT2D eigenvalue weighted by atomic mass is 35.5. The van der Waals surface area contributed by atoms with Gasteiger partial charge in [-0.1, -0.05) is 29.4 Å².